The average Bonchev–Trinajstić information content (AvgIpc) is 2.27. The van der Waals surface area contributed by atoms with Crippen LogP contribution in [0.2, 0.25) is 0 Å². The molecule has 2 heteroatoms. The van der Waals surface area contributed by atoms with Gasteiger partial charge in [-0.15, -0.1) is 0 Å². The molecule has 1 atom stereocenters. The highest BCUT2D eigenvalue weighted by molar-refractivity contribution is 5.51. The van der Waals surface area contributed by atoms with Crippen LogP contribution >= 0.6 is 0 Å². The zero-order valence-electron chi connectivity index (χ0n) is 12.0. The van der Waals surface area contributed by atoms with Gasteiger partial charge in [0.15, 0.2) is 0 Å². The van der Waals surface area contributed by atoms with Crippen molar-refractivity contribution in [2.75, 3.05) is 24.5 Å². The summed E-state index contributed by atoms with van der Waals surface area (Å²) in [6, 6.07) is 7.59. The summed E-state index contributed by atoms with van der Waals surface area (Å²) in [6.45, 7) is 10.2. The first kappa shape index (κ1) is 13.4. The van der Waals surface area contributed by atoms with Crippen LogP contribution in [0.15, 0.2) is 18.2 Å². The van der Waals surface area contributed by atoms with Gasteiger partial charge in [-0.1, -0.05) is 13.0 Å². The SMILES string of the molecule is CCC1CCN(c2cc(C)cc(C)c2)CCCN1. The Bertz CT molecular complexity index is 366. The molecule has 1 aromatic rings. The Balaban J connectivity index is 2.10. The summed E-state index contributed by atoms with van der Waals surface area (Å²) < 4.78 is 0. The quantitative estimate of drug-likeness (QED) is 0.861. The highest BCUT2D eigenvalue weighted by Crippen LogP contribution is 2.20. The monoisotopic (exact) mass is 246 g/mol. The van der Waals surface area contributed by atoms with E-state index in [2.05, 4.69) is 49.2 Å². The van der Waals surface area contributed by atoms with E-state index in [9.17, 15) is 0 Å². The van der Waals surface area contributed by atoms with Crippen molar-refractivity contribution >= 4 is 5.69 Å². The van der Waals surface area contributed by atoms with Gasteiger partial charge in [0.05, 0.1) is 0 Å². The maximum atomic E-state index is 3.64. The fraction of sp³-hybridized carbons (Fsp3) is 0.625. The van der Waals surface area contributed by atoms with Crippen LogP contribution in [0.3, 0.4) is 0 Å². The van der Waals surface area contributed by atoms with Crippen molar-refractivity contribution < 1.29 is 0 Å². The predicted octanol–water partition coefficient (Wildman–Crippen LogP) is 3.27. The minimum absolute atomic E-state index is 0.693. The molecule has 2 rings (SSSR count). The Morgan fingerprint density at radius 1 is 1.17 bits per heavy atom. The number of aryl methyl sites for hydroxylation is 2. The van der Waals surface area contributed by atoms with E-state index in [-0.39, 0.29) is 0 Å². The van der Waals surface area contributed by atoms with Gasteiger partial charge in [-0.25, -0.2) is 0 Å². The Morgan fingerprint density at radius 2 is 1.89 bits per heavy atom. The van der Waals surface area contributed by atoms with Crippen LogP contribution < -0.4 is 10.2 Å². The van der Waals surface area contributed by atoms with Crippen molar-refractivity contribution in [2.45, 2.75) is 46.1 Å². The lowest BCUT2D eigenvalue weighted by atomic mass is 10.1. The van der Waals surface area contributed by atoms with Crippen LogP contribution in [-0.4, -0.2) is 25.7 Å². The van der Waals surface area contributed by atoms with Crippen LogP contribution in [0.1, 0.15) is 37.3 Å². The van der Waals surface area contributed by atoms with E-state index in [4.69, 9.17) is 0 Å². The molecule has 1 N–H and O–H groups in total. The highest BCUT2D eigenvalue weighted by atomic mass is 15.1. The lowest BCUT2D eigenvalue weighted by molar-refractivity contribution is 0.439. The van der Waals surface area contributed by atoms with Gasteiger partial charge in [0.1, 0.15) is 0 Å². The number of anilines is 1. The smallest absolute Gasteiger partial charge is 0.0371 e. The highest BCUT2D eigenvalue weighted by Gasteiger charge is 2.14. The molecule has 1 unspecified atom stereocenters. The van der Waals surface area contributed by atoms with Crippen LogP contribution in [0, 0.1) is 13.8 Å². The molecule has 0 amide bonds. The Hall–Kier alpha value is -1.02. The molecule has 0 saturated carbocycles. The van der Waals surface area contributed by atoms with Crippen molar-refractivity contribution in [3.8, 4) is 0 Å². The fourth-order valence-electron chi connectivity index (χ4n) is 2.84. The maximum Gasteiger partial charge on any atom is 0.0371 e. The Labute approximate surface area is 111 Å². The summed E-state index contributed by atoms with van der Waals surface area (Å²) in [6.07, 6.45) is 3.73. The summed E-state index contributed by atoms with van der Waals surface area (Å²) in [5.74, 6) is 0. The van der Waals surface area contributed by atoms with E-state index in [0.29, 0.717) is 6.04 Å². The number of hydrogen-bond donors (Lipinski definition) is 1. The topological polar surface area (TPSA) is 15.3 Å². The van der Waals surface area contributed by atoms with Crippen molar-refractivity contribution in [1.29, 1.82) is 0 Å². The Kier molecular flexibility index (Phi) is 4.65. The lowest BCUT2D eigenvalue weighted by Gasteiger charge is -2.31. The molecule has 0 radical (unpaired) electrons. The van der Waals surface area contributed by atoms with Gasteiger partial charge in [0.2, 0.25) is 0 Å². The van der Waals surface area contributed by atoms with Crippen LogP contribution in [-0.2, 0) is 0 Å². The van der Waals surface area contributed by atoms with Crippen LogP contribution in [0.25, 0.3) is 0 Å². The number of rotatable bonds is 2. The molecule has 1 aromatic carbocycles. The summed E-state index contributed by atoms with van der Waals surface area (Å²) in [7, 11) is 0. The van der Waals surface area contributed by atoms with E-state index in [1.54, 1.807) is 0 Å². The third-order valence-electron chi connectivity index (χ3n) is 3.85. The molecule has 100 valence electrons. The third-order valence-corrected chi connectivity index (χ3v) is 3.85. The van der Waals surface area contributed by atoms with Gasteiger partial charge in [0, 0.05) is 24.8 Å². The van der Waals surface area contributed by atoms with Gasteiger partial charge >= 0.3 is 0 Å². The number of nitrogens with zero attached hydrogens (tertiary/aromatic N) is 1. The molecule has 0 spiro atoms. The van der Waals surface area contributed by atoms with Crippen molar-refractivity contribution in [3.63, 3.8) is 0 Å². The molecule has 0 aliphatic carbocycles. The molecular weight excluding hydrogens is 220 g/mol. The van der Waals surface area contributed by atoms with Gasteiger partial charge in [-0.3, -0.25) is 0 Å². The first-order chi connectivity index (χ1) is 8.69. The molecule has 1 aliphatic heterocycles. The molecular formula is C16H26N2. The van der Waals surface area contributed by atoms with Crippen molar-refractivity contribution in [1.82, 2.24) is 5.32 Å². The zero-order chi connectivity index (χ0) is 13.0. The van der Waals surface area contributed by atoms with Crippen molar-refractivity contribution in [2.24, 2.45) is 0 Å². The molecule has 18 heavy (non-hydrogen) atoms. The van der Waals surface area contributed by atoms with Gasteiger partial charge in [-0.2, -0.15) is 0 Å². The second-order valence-corrected chi connectivity index (χ2v) is 5.53. The van der Waals surface area contributed by atoms with Gasteiger partial charge in [-0.05, 0) is 62.9 Å². The van der Waals surface area contributed by atoms with Crippen LogP contribution in [0.5, 0.6) is 0 Å². The molecule has 0 bridgehead atoms. The number of hydrogen-bond acceptors (Lipinski definition) is 2. The lowest BCUT2D eigenvalue weighted by Crippen LogP contribution is -2.39. The first-order valence-electron chi connectivity index (χ1n) is 7.25. The first-order valence-corrected chi connectivity index (χ1v) is 7.25. The minimum Gasteiger partial charge on any atom is -0.371 e. The summed E-state index contributed by atoms with van der Waals surface area (Å²) >= 11 is 0. The molecule has 2 nitrogen and oxygen atoms in total. The molecule has 1 fully saturated rings. The third kappa shape index (κ3) is 3.49. The van der Waals surface area contributed by atoms with Crippen LogP contribution in [0.4, 0.5) is 5.69 Å². The van der Waals surface area contributed by atoms with E-state index in [1.807, 2.05) is 0 Å². The van der Waals surface area contributed by atoms with E-state index in [1.165, 1.54) is 49.2 Å². The summed E-state index contributed by atoms with van der Waals surface area (Å²) in [5.41, 5.74) is 4.15. The van der Waals surface area contributed by atoms with Gasteiger partial charge in [0.25, 0.3) is 0 Å². The molecule has 0 aromatic heterocycles. The number of nitrogens with one attached hydrogen (secondary N) is 1. The normalized spacial score (nSPS) is 21.5. The van der Waals surface area contributed by atoms with E-state index in [0.717, 1.165) is 6.54 Å². The fourth-order valence-corrected chi connectivity index (χ4v) is 2.84. The second kappa shape index (κ2) is 6.24. The predicted molar refractivity (Wildman–Crippen MR) is 79.4 cm³/mol. The maximum absolute atomic E-state index is 3.64. The summed E-state index contributed by atoms with van der Waals surface area (Å²) in [5, 5.41) is 3.64. The largest absolute Gasteiger partial charge is 0.371 e. The average molecular weight is 246 g/mol. The van der Waals surface area contributed by atoms with E-state index < -0.39 is 0 Å². The zero-order valence-corrected chi connectivity index (χ0v) is 12.0. The Morgan fingerprint density at radius 3 is 2.56 bits per heavy atom. The second-order valence-electron chi connectivity index (χ2n) is 5.53. The minimum atomic E-state index is 0.693. The van der Waals surface area contributed by atoms with E-state index >= 15 is 0 Å². The number of benzene rings is 1. The molecule has 1 heterocycles. The standard InChI is InChI=1S/C16H26N2/c1-4-15-6-9-18(8-5-7-17-15)16-11-13(2)10-14(3)12-16/h10-12,15,17H,4-9H2,1-3H3. The molecule has 1 aliphatic rings. The summed E-state index contributed by atoms with van der Waals surface area (Å²) in [4.78, 5) is 2.56. The van der Waals surface area contributed by atoms with Gasteiger partial charge < -0.3 is 10.2 Å². The van der Waals surface area contributed by atoms with Crippen molar-refractivity contribution in [3.05, 3.63) is 29.3 Å². The molecule has 1 saturated heterocycles.